The van der Waals surface area contributed by atoms with Crippen LogP contribution in [0.15, 0.2) is 35.2 Å². The van der Waals surface area contributed by atoms with Gasteiger partial charge in [0.1, 0.15) is 16.5 Å². The highest BCUT2D eigenvalue weighted by Gasteiger charge is 2.51. The molecule has 0 atom stereocenters. The van der Waals surface area contributed by atoms with Gasteiger partial charge in [0, 0.05) is 11.4 Å². The standard InChI is InChI=1S/C20H17ClFNO5S/c1-28-19(25)14-8-12(9-15-13(14)10-18(24)20(15)5-2-6-20)23-29(26,27)17-4-3-11(21)7-16(17)22/h3-4,7-9,23H,2,5-6,10H2,1H3. The first kappa shape index (κ1) is 19.8. The van der Waals surface area contributed by atoms with E-state index in [-0.39, 0.29) is 28.5 Å². The summed E-state index contributed by atoms with van der Waals surface area (Å²) in [6, 6.07) is 6.12. The Morgan fingerprint density at radius 1 is 1.24 bits per heavy atom. The summed E-state index contributed by atoms with van der Waals surface area (Å²) in [6.07, 6.45) is 2.30. The fraction of sp³-hybridized carbons (Fsp3) is 0.300. The van der Waals surface area contributed by atoms with Crippen LogP contribution < -0.4 is 4.72 Å². The highest BCUT2D eigenvalue weighted by Crippen LogP contribution is 2.52. The Kier molecular flexibility index (Phi) is 4.66. The van der Waals surface area contributed by atoms with Gasteiger partial charge < -0.3 is 4.74 Å². The van der Waals surface area contributed by atoms with E-state index in [0.29, 0.717) is 24.0 Å². The maximum Gasteiger partial charge on any atom is 0.338 e. The number of Topliss-reactive ketones (excluding diaryl/α,β-unsaturated/α-hetero) is 1. The maximum atomic E-state index is 14.1. The second kappa shape index (κ2) is 6.81. The second-order valence-corrected chi connectivity index (χ2v) is 9.34. The van der Waals surface area contributed by atoms with E-state index in [4.69, 9.17) is 16.3 Å². The van der Waals surface area contributed by atoms with Gasteiger partial charge in [-0.2, -0.15) is 0 Å². The molecule has 1 N–H and O–H groups in total. The Morgan fingerprint density at radius 3 is 2.55 bits per heavy atom. The Morgan fingerprint density at radius 2 is 1.97 bits per heavy atom. The predicted octanol–water partition coefficient (Wildman–Crippen LogP) is 3.61. The molecule has 2 aromatic carbocycles. The van der Waals surface area contributed by atoms with Crippen molar-refractivity contribution in [1.29, 1.82) is 0 Å². The molecule has 0 radical (unpaired) electrons. The largest absolute Gasteiger partial charge is 0.465 e. The van der Waals surface area contributed by atoms with Crippen molar-refractivity contribution in [3.8, 4) is 0 Å². The average Bonchev–Trinajstić information content (AvgIpc) is 2.91. The van der Waals surface area contributed by atoms with Gasteiger partial charge in [-0.25, -0.2) is 17.6 Å². The van der Waals surface area contributed by atoms with Crippen molar-refractivity contribution in [2.45, 2.75) is 36.0 Å². The first-order chi connectivity index (χ1) is 13.7. The number of hydrogen-bond donors (Lipinski definition) is 1. The first-order valence-corrected chi connectivity index (χ1v) is 10.8. The predicted molar refractivity (Wildman–Crippen MR) is 104 cm³/mol. The zero-order valence-corrected chi connectivity index (χ0v) is 17.0. The van der Waals surface area contributed by atoms with E-state index < -0.39 is 32.1 Å². The Labute approximate surface area is 172 Å². The number of methoxy groups -OCH3 is 1. The zero-order valence-electron chi connectivity index (χ0n) is 15.4. The quantitative estimate of drug-likeness (QED) is 0.738. The number of halogens is 2. The molecule has 0 heterocycles. The molecule has 1 spiro atoms. The van der Waals surface area contributed by atoms with E-state index in [9.17, 15) is 22.4 Å². The van der Waals surface area contributed by atoms with Crippen LogP contribution in [0.1, 0.15) is 40.7 Å². The number of benzene rings is 2. The topological polar surface area (TPSA) is 89.5 Å². The number of sulfonamides is 1. The molecule has 0 amide bonds. The highest BCUT2D eigenvalue weighted by atomic mass is 35.5. The first-order valence-electron chi connectivity index (χ1n) is 8.95. The van der Waals surface area contributed by atoms with E-state index in [1.807, 2.05) is 0 Å². The van der Waals surface area contributed by atoms with Gasteiger partial charge in [-0.15, -0.1) is 0 Å². The molecule has 6 nitrogen and oxygen atoms in total. The Balaban J connectivity index is 1.81. The third-order valence-corrected chi connectivity index (χ3v) is 7.33. The van der Waals surface area contributed by atoms with Crippen molar-refractivity contribution in [1.82, 2.24) is 0 Å². The minimum absolute atomic E-state index is 0.0210. The number of rotatable bonds is 4. The number of hydrogen-bond acceptors (Lipinski definition) is 5. The summed E-state index contributed by atoms with van der Waals surface area (Å²) >= 11 is 5.69. The molecule has 2 aliphatic rings. The van der Waals surface area contributed by atoms with Crippen LogP contribution in [-0.2, 0) is 31.4 Å². The van der Waals surface area contributed by atoms with Crippen LogP contribution in [0.2, 0.25) is 5.02 Å². The van der Waals surface area contributed by atoms with Gasteiger partial charge in [0.2, 0.25) is 0 Å². The lowest BCUT2D eigenvalue weighted by atomic mass is 9.64. The molecule has 0 aromatic heterocycles. The average molecular weight is 438 g/mol. The van der Waals surface area contributed by atoms with Crippen LogP contribution in [0, 0.1) is 5.82 Å². The smallest absolute Gasteiger partial charge is 0.338 e. The third kappa shape index (κ3) is 3.11. The molecule has 2 aliphatic carbocycles. The summed E-state index contributed by atoms with van der Waals surface area (Å²) in [5.41, 5.74) is 0.745. The number of carbonyl (C=O) groups is 2. The minimum Gasteiger partial charge on any atom is -0.465 e. The van der Waals surface area contributed by atoms with Crippen LogP contribution in [0.3, 0.4) is 0 Å². The molecule has 0 bridgehead atoms. The van der Waals surface area contributed by atoms with Crippen LogP contribution >= 0.6 is 11.6 Å². The van der Waals surface area contributed by atoms with E-state index in [2.05, 4.69) is 4.72 Å². The van der Waals surface area contributed by atoms with Crippen LogP contribution in [0.25, 0.3) is 0 Å². The lowest BCUT2D eigenvalue weighted by Gasteiger charge is -2.37. The van der Waals surface area contributed by atoms with Crippen molar-refractivity contribution in [3.63, 3.8) is 0 Å². The van der Waals surface area contributed by atoms with Gasteiger partial charge in [0.25, 0.3) is 10.0 Å². The number of anilines is 1. The summed E-state index contributed by atoms with van der Waals surface area (Å²) in [7, 11) is -3.07. The minimum atomic E-state index is -4.29. The molecule has 29 heavy (non-hydrogen) atoms. The SMILES string of the molecule is COC(=O)c1cc(NS(=O)(=O)c2ccc(Cl)cc2F)cc2c1CC(=O)C21CCC1. The number of ether oxygens (including phenoxy) is 1. The summed E-state index contributed by atoms with van der Waals surface area (Å²) in [5.74, 6) is -1.64. The van der Waals surface area contributed by atoms with Gasteiger partial charge in [-0.3, -0.25) is 9.52 Å². The summed E-state index contributed by atoms with van der Waals surface area (Å²) in [6.45, 7) is 0. The molecule has 0 aliphatic heterocycles. The van der Waals surface area contributed by atoms with Crippen molar-refractivity contribution < 1.29 is 27.1 Å². The summed E-state index contributed by atoms with van der Waals surface area (Å²) in [5, 5.41) is 0.0670. The summed E-state index contributed by atoms with van der Waals surface area (Å²) in [4.78, 5) is 24.4. The van der Waals surface area contributed by atoms with Crippen molar-refractivity contribution in [3.05, 3.63) is 57.9 Å². The third-order valence-electron chi connectivity index (χ3n) is 5.68. The van der Waals surface area contributed by atoms with Gasteiger partial charge in [0.05, 0.1) is 23.8 Å². The fourth-order valence-electron chi connectivity index (χ4n) is 4.10. The Hall–Kier alpha value is -2.45. The van der Waals surface area contributed by atoms with Crippen LogP contribution in [0.5, 0.6) is 0 Å². The molecule has 0 unspecified atom stereocenters. The molecule has 152 valence electrons. The number of fused-ring (bicyclic) bond motifs is 2. The normalized spacial score (nSPS) is 17.0. The van der Waals surface area contributed by atoms with Crippen molar-refractivity contribution >= 4 is 39.1 Å². The van der Waals surface area contributed by atoms with E-state index in [1.165, 1.54) is 19.2 Å². The molecule has 2 aromatic rings. The van der Waals surface area contributed by atoms with Crippen LogP contribution in [-0.4, -0.2) is 27.3 Å². The number of esters is 1. The number of nitrogens with one attached hydrogen (secondary N) is 1. The van der Waals surface area contributed by atoms with E-state index in [1.54, 1.807) is 6.07 Å². The van der Waals surface area contributed by atoms with Gasteiger partial charge in [-0.1, -0.05) is 18.0 Å². The zero-order chi connectivity index (χ0) is 21.0. The van der Waals surface area contributed by atoms with Gasteiger partial charge in [0.15, 0.2) is 0 Å². The Bertz CT molecular complexity index is 1160. The van der Waals surface area contributed by atoms with Crippen molar-refractivity contribution in [2.75, 3.05) is 11.8 Å². The number of ketones is 1. The summed E-state index contributed by atoms with van der Waals surface area (Å²) < 4.78 is 46.7. The van der Waals surface area contributed by atoms with Gasteiger partial charge in [-0.05, 0) is 54.3 Å². The molecular weight excluding hydrogens is 421 g/mol. The maximum absolute atomic E-state index is 14.1. The molecular formula is C20H17ClFNO5S. The molecule has 1 fully saturated rings. The number of carbonyl (C=O) groups excluding carboxylic acids is 2. The monoisotopic (exact) mass is 437 g/mol. The van der Waals surface area contributed by atoms with Gasteiger partial charge >= 0.3 is 5.97 Å². The fourth-order valence-corrected chi connectivity index (χ4v) is 5.36. The lowest BCUT2D eigenvalue weighted by Crippen LogP contribution is -2.39. The van der Waals surface area contributed by atoms with E-state index in [0.717, 1.165) is 18.6 Å². The van der Waals surface area contributed by atoms with Crippen LogP contribution in [0.4, 0.5) is 10.1 Å². The second-order valence-electron chi connectivity index (χ2n) is 7.26. The molecule has 4 rings (SSSR count). The molecule has 9 heteroatoms. The molecule has 1 saturated carbocycles. The van der Waals surface area contributed by atoms with E-state index >= 15 is 0 Å². The molecule has 0 saturated heterocycles. The highest BCUT2D eigenvalue weighted by molar-refractivity contribution is 7.92. The lowest BCUT2D eigenvalue weighted by molar-refractivity contribution is -0.125. The van der Waals surface area contributed by atoms with Crippen molar-refractivity contribution in [2.24, 2.45) is 0 Å².